The average Bonchev–Trinajstić information content (AvgIpc) is 2.84. The number of aromatic nitrogens is 1. The van der Waals surface area contributed by atoms with Crippen molar-refractivity contribution in [1.29, 1.82) is 0 Å². The van der Waals surface area contributed by atoms with Crippen molar-refractivity contribution in [2.45, 2.75) is 50.2 Å². The summed E-state index contributed by atoms with van der Waals surface area (Å²) in [6.45, 7) is 5.46. The molecule has 1 aliphatic heterocycles. The van der Waals surface area contributed by atoms with Crippen molar-refractivity contribution >= 4 is 10.0 Å². The molecule has 1 aromatic heterocycles. The maximum atomic E-state index is 12.4. The van der Waals surface area contributed by atoms with E-state index in [0.717, 1.165) is 18.5 Å². The number of nitrogens with one attached hydrogen (secondary N) is 1. The highest BCUT2D eigenvalue weighted by Crippen LogP contribution is 2.19. The molecule has 7 heteroatoms. The first-order chi connectivity index (χ1) is 9.44. The van der Waals surface area contributed by atoms with Crippen molar-refractivity contribution in [2.75, 3.05) is 13.2 Å². The van der Waals surface area contributed by atoms with Gasteiger partial charge in [0.1, 0.15) is 0 Å². The van der Waals surface area contributed by atoms with Crippen LogP contribution in [0.2, 0.25) is 0 Å². The molecule has 0 spiro atoms. The highest BCUT2D eigenvalue weighted by atomic mass is 32.2. The fraction of sp³-hybridized carbons (Fsp3) is 0.692. The number of sulfonamides is 1. The SMILES string of the molecule is CC(C)n1cc(S(=O)(=O)NC2CCCOC2)cc1CN. The molecule has 0 aliphatic carbocycles. The third-order valence-electron chi connectivity index (χ3n) is 3.46. The summed E-state index contributed by atoms with van der Waals surface area (Å²) in [5, 5.41) is 0. The Morgan fingerprint density at radius 3 is 2.80 bits per heavy atom. The van der Waals surface area contributed by atoms with E-state index in [1.54, 1.807) is 12.3 Å². The largest absolute Gasteiger partial charge is 0.380 e. The lowest BCUT2D eigenvalue weighted by Crippen LogP contribution is -2.40. The number of nitrogens with zero attached hydrogens (tertiary/aromatic N) is 1. The topological polar surface area (TPSA) is 86.3 Å². The Kier molecular flexibility index (Phi) is 4.85. The predicted octanol–water partition coefficient (Wildman–Crippen LogP) is 0.985. The molecule has 1 unspecified atom stereocenters. The van der Waals surface area contributed by atoms with E-state index < -0.39 is 10.0 Å². The maximum absolute atomic E-state index is 12.4. The number of hydrogen-bond acceptors (Lipinski definition) is 4. The number of ether oxygens (including phenoxy) is 1. The fourth-order valence-electron chi connectivity index (χ4n) is 2.41. The molecule has 6 nitrogen and oxygen atoms in total. The van der Waals surface area contributed by atoms with Crippen LogP contribution in [0.5, 0.6) is 0 Å². The number of hydrogen-bond donors (Lipinski definition) is 2. The molecule has 20 heavy (non-hydrogen) atoms. The molecule has 1 aromatic rings. The first-order valence-corrected chi connectivity index (χ1v) is 8.43. The Morgan fingerprint density at radius 2 is 2.30 bits per heavy atom. The van der Waals surface area contributed by atoms with Crippen LogP contribution in [0.4, 0.5) is 0 Å². The van der Waals surface area contributed by atoms with E-state index in [4.69, 9.17) is 10.5 Å². The fourth-order valence-corrected chi connectivity index (χ4v) is 3.71. The summed E-state index contributed by atoms with van der Waals surface area (Å²) in [6, 6.07) is 1.68. The van der Waals surface area contributed by atoms with Crippen LogP contribution >= 0.6 is 0 Å². The molecule has 0 aromatic carbocycles. The second-order valence-electron chi connectivity index (χ2n) is 5.41. The smallest absolute Gasteiger partial charge is 0.242 e. The zero-order valence-electron chi connectivity index (χ0n) is 12.0. The Balaban J connectivity index is 2.20. The Bertz CT molecular complexity index is 545. The summed E-state index contributed by atoms with van der Waals surface area (Å²) < 4.78 is 34.7. The van der Waals surface area contributed by atoms with E-state index in [1.165, 1.54) is 0 Å². The molecule has 0 amide bonds. The Hall–Kier alpha value is -0.890. The summed E-state index contributed by atoms with van der Waals surface area (Å²) in [4.78, 5) is 0.275. The second-order valence-corrected chi connectivity index (χ2v) is 7.12. The van der Waals surface area contributed by atoms with Gasteiger partial charge in [-0.25, -0.2) is 13.1 Å². The molecular formula is C13H23N3O3S. The summed E-state index contributed by atoms with van der Waals surface area (Å²) >= 11 is 0. The van der Waals surface area contributed by atoms with Crippen LogP contribution in [-0.2, 0) is 21.3 Å². The molecule has 0 radical (unpaired) electrons. The maximum Gasteiger partial charge on any atom is 0.242 e. The van der Waals surface area contributed by atoms with Gasteiger partial charge in [0, 0.05) is 37.1 Å². The number of rotatable bonds is 5. The van der Waals surface area contributed by atoms with Crippen LogP contribution in [0.15, 0.2) is 17.2 Å². The Morgan fingerprint density at radius 1 is 1.55 bits per heavy atom. The molecule has 2 rings (SSSR count). The summed E-state index contributed by atoms with van der Waals surface area (Å²) in [6.07, 6.45) is 3.35. The lowest BCUT2D eigenvalue weighted by molar-refractivity contribution is 0.0774. The van der Waals surface area contributed by atoms with Crippen LogP contribution in [-0.4, -0.2) is 32.2 Å². The predicted molar refractivity (Wildman–Crippen MR) is 76.9 cm³/mol. The van der Waals surface area contributed by atoms with E-state index in [2.05, 4.69) is 4.72 Å². The van der Waals surface area contributed by atoms with Gasteiger partial charge in [0.2, 0.25) is 10.0 Å². The summed E-state index contributed by atoms with van der Waals surface area (Å²) in [5.41, 5.74) is 6.49. The van der Waals surface area contributed by atoms with Crippen LogP contribution < -0.4 is 10.5 Å². The van der Waals surface area contributed by atoms with E-state index in [-0.39, 0.29) is 17.0 Å². The summed E-state index contributed by atoms with van der Waals surface area (Å²) in [5.74, 6) is 0. The van der Waals surface area contributed by atoms with E-state index in [1.807, 2.05) is 18.4 Å². The average molecular weight is 301 g/mol. The molecule has 114 valence electrons. The molecule has 2 heterocycles. The molecule has 0 saturated carbocycles. The van der Waals surface area contributed by atoms with Crippen molar-refractivity contribution in [3.8, 4) is 0 Å². The highest BCUT2D eigenvalue weighted by molar-refractivity contribution is 7.89. The van der Waals surface area contributed by atoms with E-state index >= 15 is 0 Å². The minimum Gasteiger partial charge on any atom is -0.380 e. The lowest BCUT2D eigenvalue weighted by Gasteiger charge is -2.22. The van der Waals surface area contributed by atoms with Gasteiger partial charge in [0.15, 0.2) is 0 Å². The van der Waals surface area contributed by atoms with Gasteiger partial charge in [-0.2, -0.15) is 0 Å². The van der Waals surface area contributed by atoms with Crippen molar-refractivity contribution in [1.82, 2.24) is 9.29 Å². The van der Waals surface area contributed by atoms with Gasteiger partial charge in [-0.15, -0.1) is 0 Å². The zero-order chi connectivity index (χ0) is 14.8. The van der Waals surface area contributed by atoms with Gasteiger partial charge < -0.3 is 15.0 Å². The van der Waals surface area contributed by atoms with Crippen LogP contribution in [0.1, 0.15) is 38.4 Å². The van der Waals surface area contributed by atoms with E-state index in [0.29, 0.717) is 19.8 Å². The van der Waals surface area contributed by atoms with Gasteiger partial charge in [0.25, 0.3) is 0 Å². The lowest BCUT2D eigenvalue weighted by atomic mass is 10.1. The molecular weight excluding hydrogens is 278 g/mol. The van der Waals surface area contributed by atoms with Crippen molar-refractivity contribution in [2.24, 2.45) is 5.73 Å². The Labute approximate surface area is 120 Å². The molecule has 1 aliphatic rings. The number of nitrogens with two attached hydrogens (primary N) is 1. The summed E-state index contributed by atoms with van der Waals surface area (Å²) in [7, 11) is -3.51. The standard InChI is InChI=1S/C13H23N3O3S/c1-10(2)16-8-13(6-12(16)7-14)20(17,18)15-11-4-3-5-19-9-11/h6,8,10-11,15H,3-5,7,9,14H2,1-2H3. The third kappa shape index (κ3) is 3.41. The van der Waals surface area contributed by atoms with E-state index in [9.17, 15) is 8.42 Å². The molecule has 0 bridgehead atoms. The molecule has 1 atom stereocenters. The van der Waals surface area contributed by atoms with Gasteiger partial charge in [-0.3, -0.25) is 0 Å². The quantitative estimate of drug-likeness (QED) is 0.849. The third-order valence-corrected chi connectivity index (χ3v) is 4.95. The van der Waals surface area contributed by atoms with Crippen LogP contribution in [0.25, 0.3) is 0 Å². The van der Waals surface area contributed by atoms with Crippen LogP contribution in [0, 0.1) is 0 Å². The highest BCUT2D eigenvalue weighted by Gasteiger charge is 2.24. The minimum absolute atomic E-state index is 0.141. The molecule has 3 N–H and O–H groups in total. The zero-order valence-corrected chi connectivity index (χ0v) is 12.8. The van der Waals surface area contributed by atoms with Crippen molar-refractivity contribution in [3.63, 3.8) is 0 Å². The second kappa shape index (κ2) is 6.26. The van der Waals surface area contributed by atoms with Crippen molar-refractivity contribution < 1.29 is 13.2 Å². The normalized spacial score (nSPS) is 20.5. The van der Waals surface area contributed by atoms with Crippen molar-refractivity contribution in [3.05, 3.63) is 18.0 Å². The van der Waals surface area contributed by atoms with Gasteiger partial charge in [0.05, 0.1) is 11.5 Å². The monoisotopic (exact) mass is 301 g/mol. The molecule has 1 saturated heterocycles. The van der Waals surface area contributed by atoms with Gasteiger partial charge >= 0.3 is 0 Å². The van der Waals surface area contributed by atoms with Gasteiger partial charge in [-0.1, -0.05) is 0 Å². The molecule has 1 fully saturated rings. The van der Waals surface area contributed by atoms with Gasteiger partial charge in [-0.05, 0) is 32.8 Å². The van der Waals surface area contributed by atoms with Crippen LogP contribution in [0.3, 0.4) is 0 Å². The minimum atomic E-state index is -3.51. The first kappa shape index (κ1) is 15.5. The first-order valence-electron chi connectivity index (χ1n) is 6.95.